The highest BCUT2D eigenvalue weighted by Gasteiger charge is 2.39. The van der Waals surface area contributed by atoms with E-state index in [2.05, 4.69) is 36.7 Å². The van der Waals surface area contributed by atoms with Crippen LogP contribution in [0.2, 0.25) is 5.15 Å². The second-order valence-corrected chi connectivity index (χ2v) is 9.64. The van der Waals surface area contributed by atoms with Gasteiger partial charge in [0.2, 0.25) is 0 Å². The van der Waals surface area contributed by atoms with Crippen molar-refractivity contribution in [3.8, 4) is 0 Å². The average Bonchev–Trinajstić information content (AvgIpc) is 2.48. The Hall–Kier alpha value is -1.33. The minimum atomic E-state index is -2.94. The van der Waals surface area contributed by atoms with Gasteiger partial charge in [0.15, 0.2) is 0 Å². The lowest BCUT2D eigenvalue weighted by atomic mass is 9.84. The Balaban J connectivity index is 1.91. The molecule has 24 heavy (non-hydrogen) atoms. The molecular weight excluding hydrogens is 344 g/mol. The molecule has 0 bridgehead atoms. The van der Waals surface area contributed by atoms with Crippen molar-refractivity contribution in [3.05, 3.63) is 40.2 Å². The topological polar surface area (TPSA) is 50.3 Å². The maximum atomic E-state index is 11.6. The van der Waals surface area contributed by atoms with E-state index in [0.717, 1.165) is 29.8 Å². The fourth-order valence-electron chi connectivity index (χ4n) is 3.63. The Morgan fingerprint density at radius 1 is 1.38 bits per heavy atom. The molecule has 0 radical (unpaired) electrons. The lowest BCUT2D eigenvalue weighted by Gasteiger charge is -2.50. The number of rotatable bonds is 3. The van der Waals surface area contributed by atoms with Gasteiger partial charge in [0, 0.05) is 42.2 Å². The molecular formula is C18H23ClN2O2S. The molecule has 3 rings (SSSR count). The summed E-state index contributed by atoms with van der Waals surface area (Å²) < 4.78 is 23.1. The highest BCUT2D eigenvalue weighted by Crippen LogP contribution is 2.42. The summed E-state index contributed by atoms with van der Waals surface area (Å²) in [4.78, 5) is 6.54. The van der Waals surface area contributed by atoms with Crippen LogP contribution in [0, 0.1) is 5.92 Å². The van der Waals surface area contributed by atoms with Crippen LogP contribution in [0.4, 0.5) is 0 Å². The van der Waals surface area contributed by atoms with Gasteiger partial charge >= 0.3 is 0 Å². The summed E-state index contributed by atoms with van der Waals surface area (Å²) in [7, 11) is -2.94. The zero-order valence-corrected chi connectivity index (χ0v) is 16.1. The molecule has 1 aromatic rings. The third-order valence-corrected chi connectivity index (χ3v) is 6.25. The van der Waals surface area contributed by atoms with E-state index in [1.54, 1.807) is 0 Å². The minimum Gasteiger partial charge on any atom is -0.368 e. The fourth-order valence-corrected chi connectivity index (χ4v) is 4.95. The molecule has 0 saturated carbocycles. The van der Waals surface area contributed by atoms with Gasteiger partial charge in [-0.3, -0.25) is 0 Å². The molecule has 0 N–H and O–H groups in total. The zero-order valence-electron chi connectivity index (χ0n) is 14.5. The van der Waals surface area contributed by atoms with Gasteiger partial charge in [0.05, 0.1) is 5.75 Å². The summed E-state index contributed by atoms with van der Waals surface area (Å²) in [6, 6.07) is 2.15. The maximum Gasteiger partial charge on any atom is 0.147 e. The van der Waals surface area contributed by atoms with Crippen LogP contribution < -0.4 is 0 Å². The first kappa shape index (κ1) is 17.5. The Morgan fingerprint density at radius 3 is 2.67 bits per heavy atom. The van der Waals surface area contributed by atoms with Crippen molar-refractivity contribution in [3.63, 3.8) is 0 Å². The van der Waals surface area contributed by atoms with E-state index >= 15 is 0 Å². The number of allylic oxidation sites excluding steroid dienone is 3. The highest BCUT2D eigenvalue weighted by molar-refractivity contribution is 7.90. The van der Waals surface area contributed by atoms with E-state index in [9.17, 15) is 8.42 Å². The van der Waals surface area contributed by atoms with Crippen LogP contribution in [0.15, 0.2) is 23.9 Å². The molecule has 2 atom stereocenters. The van der Waals surface area contributed by atoms with Crippen molar-refractivity contribution < 1.29 is 8.42 Å². The van der Waals surface area contributed by atoms with Crippen molar-refractivity contribution in [2.75, 3.05) is 18.6 Å². The molecule has 0 amide bonds. The highest BCUT2D eigenvalue weighted by atomic mass is 35.5. The van der Waals surface area contributed by atoms with Crippen molar-refractivity contribution in [1.29, 1.82) is 0 Å². The van der Waals surface area contributed by atoms with Crippen LogP contribution in [0.3, 0.4) is 0 Å². The molecule has 1 aliphatic carbocycles. The molecule has 2 aliphatic rings. The Morgan fingerprint density at radius 2 is 2.08 bits per heavy atom. The maximum absolute atomic E-state index is 11.6. The number of aromatic nitrogens is 1. The predicted octanol–water partition coefficient (Wildman–Crippen LogP) is 3.64. The number of halogens is 1. The SMILES string of the molecule is CC(C)=C1CC=C(N2C[C@H](CS(C)(=O)=O)[C@H]2C)c2cnc(Cl)cc21. The molecule has 1 saturated heterocycles. The van der Waals surface area contributed by atoms with Gasteiger partial charge in [-0.1, -0.05) is 23.3 Å². The molecule has 1 fully saturated rings. The van der Waals surface area contributed by atoms with Gasteiger partial charge in [0.25, 0.3) is 0 Å². The number of likely N-dealkylation sites (tertiary alicyclic amines) is 1. The smallest absolute Gasteiger partial charge is 0.147 e. The Bertz CT molecular complexity index is 839. The lowest BCUT2D eigenvalue weighted by Crippen LogP contribution is -2.55. The Kier molecular flexibility index (Phi) is 4.51. The first-order chi connectivity index (χ1) is 11.2. The number of sulfone groups is 1. The quantitative estimate of drug-likeness (QED) is 0.766. The third kappa shape index (κ3) is 3.24. The second-order valence-electron chi connectivity index (χ2n) is 7.07. The Labute approximate surface area is 149 Å². The largest absolute Gasteiger partial charge is 0.368 e. The van der Waals surface area contributed by atoms with E-state index in [1.807, 2.05) is 12.3 Å². The number of pyridine rings is 1. The summed E-state index contributed by atoms with van der Waals surface area (Å²) in [6.45, 7) is 7.09. The van der Waals surface area contributed by atoms with Gasteiger partial charge in [-0.2, -0.15) is 0 Å². The predicted molar refractivity (Wildman–Crippen MR) is 99.5 cm³/mol. The summed E-state index contributed by atoms with van der Waals surface area (Å²) in [5, 5.41) is 0.500. The second kappa shape index (κ2) is 6.19. The molecule has 0 aromatic carbocycles. The number of hydrogen-bond acceptors (Lipinski definition) is 4. The number of hydrogen-bond donors (Lipinski definition) is 0. The monoisotopic (exact) mass is 366 g/mol. The van der Waals surface area contributed by atoms with Gasteiger partial charge < -0.3 is 4.90 Å². The fraction of sp³-hybridized carbons (Fsp3) is 0.500. The minimum absolute atomic E-state index is 0.189. The zero-order chi connectivity index (χ0) is 17.6. The summed E-state index contributed by atoms with van der Waals surface area (Å²) in [5.41, 5.74) is 5.95. The number of fused-ring (bicyclic) bond motifs is 1. The van der Waals surface area contributed by atoms with Crippen LogP contribution in [0.5, 0.6) is 0 Å². The van der Waals surface area contributed by atoms with Crippen molar-refractivity contribution in [1.82, 2.24) is 9.88 Å². The third-order valence-electron chi connectivity index (χ3n) is 5.01. The molecule has 1 aromatic heterocycles. The van der Waals surface area contributed by atoms with E-state index < -0.39 is 9.84 Å². The standard InChI is InChI=1S/C18H23ClN2O2S/c1-11(2)14-5-6-17(16-8-20-18(19)7-15(14)16)21-9-13(12(21)3)10-24(4,22)23/h6-8,12-13H,5,9-10H2,1-4H3/t12-,13-/m1/s1. The van der Waals surface area contributed by atoms with E-state index in [-0.39, 0.29) is 17.7 Å². The first-order valence-electron chi connectivity index (χ1n) is 8.14. The van der Waals surface area contributed by atoms with Crippen LogP contribution in [-0.2, 0) is 9.84 Å². The van der Waals surface area contributed by atoms with Gasteiger partial charge in [-0.15, -0.1) is 0 Å². The normalized spacial score (nSPS) is 23.5. The van der Waals surface area contributed by atoms with E-state index in [0.29, 0.717) is 5.15 Å². The van der Waals surface area contributed by atoms with Crippen LogP contribution >= 0.6 is 11.6 Å². The molecule has 6 heteroatoms. The summed E-state index contributed by atoms with van der Waals surface area (Å²) in [5.74, 6) is 0.442. The van der Waals surface area contributed by atoms with Crippen molar-refractivity contribution in [2.24, 2.45) is 5.92 Å². The first-order valence-corrected chi connectivity index (χ1v) is 10.6. The summed E-state index contributed by atoms with van der Waals surface area (Å²) in [6.07, 6.45) is 6.24. The molecule has 4 nitrogen and oxygen atoms in total. The molecule has 130 valence electrons. The number of nitrogens with zero attached hydrogens (tertiary/aromatic N) is 2. The van der Waals surface area contributed by atoms with E-state index in [4.69, 9.17) is 11.6 Å². The lowest BCUT2D eigenvalue weighted by molar-refractivity contribution is 0.107. The van der Waals surface area contributed by atoms with Crippen molar-refractivity contribution >= 4 is 32.7 Å². The average molecular weight is 367 g/mol. The summed E-state index contributed by atoms with van der Waals surface area (Å²) >= 11 is 6.11. The van der Waals surface area contributed by atoms with Gasteiger partial charge in [-0.25, -0.2) is 13.4 Å². The molecule has 1 aliphatic heterocycles. The molecule has 2 heterocycles. The van der Waals surface area contributed by atoms with E-state index in [1.165, 1.54) is 17.4 Å². The van der Waals surface area contributed by atoms with Crippen LogP contribution in [-0.4, -0.2) is 42.9 Å². The molecule has 0 spiro atoms. The van der Waals surface area contributed by atoms with Gasteiger partial charge in [0.1, 0.15) is 15.0 Å². The van der Waals surface area contributed by atoms with Crippen LogP contribution in [0.25, 0.3) is 11.3 Å². The van der Waals surface area contributed by atoms with Crippen molar-refractivity contribution in [2.45, 2.75) is 33.2 Å². The van der Waals surface area contributed by atoms with Gasteiger partial charge in [-0.05, 0) is 44.4 Å². The van der Waals surface area contributed by atoms with Crippen LogP contribution in [0.1, 0.15) is 38.3 Å². The molecule has 0 unspecified atom stereocenters.